The summed E-state index contributed by atoms with van der Waals surface area (Å²) in [5, 5.41) is 12.6. The van der Waals surface area contributed by atoms with Crippen LogP contribution in [0.5, 0.6) is 0 Å². The lowest BCUT2D eigenvalue weighted by atomic mass is 10.1. The summed E-state index contributed by atoms with van der Waals surface area (Å²) in [6.07, 6.45) is 2.26. The highest BCUT2D eigenvalue weighted by Gasteiger charge is 2.19. The average Bonchev–Trinajstić information content (AvgIpc) is 2.88. The molecule has 0 unspecified atom stereocenters. The summed E-state index contributed by atoms with van der Waals surface area (Å²) in [7, 11) is 0. The quantitative estimate of drug-likeness (QED) is 0.877. The summed E-state index contributed by atoms with van der Waals surface area (Å²) >= 11 is 0. The van der Waals surface area contributed by atoms with Crippen molar-refractivity contribution in [2.45, 2.75) is 32.0 Å². The van der Waals surface area contributed by atoms with Crippen LogP contribution in [0.2, 0.25) is 0 Å². The van der Waals surface area contributed by atoms with Crippen LogP contribution in [-0.4, -0.2) is 11.1 Å². The van der Waals surface area contributed by atoms with E-state index in [1.807, 2.05) is 12.1 Å². The Morgan fingerprint density at radius 1 is 0.895 bits per heavy atom. The Hall–Kier alpha value is -1.64. The lowest BCUT2D eigenvalue weighted by molar-refractivity contribution is 0.282. The predicted octanol–water partition coefficient (Wildman–Crippen LogP) is 2.44. The van der Waals surface area contributed by atoms with E-state index in [2.05, 4.69) is 41.7 Å². The van der Waals surface area contributed by atoms with E-state index >= 15 is 0 Å². The van der Waals surface area contributed by atoms with Crippen LogP contribution < -0.4 is 5.32 Å². The average molecular weight is 253 g/mol. The normalized spacial score (nSPS) is 14.6. The minimum Gasteiger partial charge on any atom is -0.392 e. The molecule has 0 saturated heterocycles. The zero-order chi connectivity index (χ0) is 13.1. The first-order valence-electron chi connectivity index (χ1n) is 6.84. The third kappa shape index (κ3) is 2.86. The fraction of sp³-hybridized carbons (Fsp3) is 0.294. The van der Waals surface area contributed by atoms with Crippen molar-refractivity contribution in [3.8, 4) is 0 Å². The fourth-order valence-corrected chi connectivity index (χ4v) is 2.73. The smallest absolute Gasteiger partial charge is 0.0681 e. The molecule has 19 heavy (non-hydrogen) atoms. The summed E-state index contributed by atoms with van der Waals surface area (Å²) in [6.45, 7) is 1.01. The number of nitrogens with one attached hydrogen (secondary N) is 1. The molecule has 2 nitrogen and oxygen atoms in total. The van der Waals surface area contributed by atoms with E-state index in [1.165, 1.54) is 16.7 Å². The second kappa shape index (κ2) is 5.55. The van der Waals surface area contributed by atoms with Crippen molar-refractivity contribution in [3.63, 3.8) is 0 Å². The van der Waals surface area contributed by atoms with Crippen molar-refractivity contribution < 1.29 is 5.11 Å². The van der Waals surface area contributed by atoms with Crippen LogP contribution in [0.4, 0.5) is 0 Å². The first-order chi connectivity index (χ1) is 9.35. The summed E-state index contributed by atoms with van der Waals surface area (Å²) < 4.78 is 0. The molecule has 3 rings (SSSR count). The molecule has 1 aliphatic rings. The molecule has 0 heterocycles. The summed E-state index contributed by atoms with van der Waals surface area (Å²) in [4.78, 5) is 0. The number of aliphatic hydroxyl groups excluding tert-OH is 1. The van der Waals surface area contributed by atoms with E-state index in [1.54, 1.807) is 0 Å². The van der Waals surface area contributed by atoms with Crippen LogP contribution in [-0.2, 0) is 26.0 Å². The maximum absolute atomic E-state index is 9.02. The Labute approximate surface area is 114 Å². The van der Waals surface area contributed by atoms with Gasteiger partial charge in [-0.25, -0.2) is 0 Å². The van der Waals surface area contributed by atoms with Gasteiger partial charge in [0, 0.05) is 12.6 Å². The first-order valence-corrected chi connectivity index (χ1v) is 6.84. The van der Waals surface area contributed by atoms with E-state index in [9.17, 15) is 0 Å². The molecule has 0 radical (unpaired) electrons. The maximum atomic E-state index is 9.02. The molecular weight excluding hydrogens is 234 g/mol. The number of aliphatic hydroxyl groups is 1. The Bertz CT molecular complexity index is 522. The Balaban J connectivity index is 1.56. The van der Waals surface area contributed by atoms with Gasteiger partial charge in [0.25, 0.3) is 0 Å². The SMILES string of the molecule is OCc1ccc(CNC2Cc3ccccc3C2)cc1. The molecule has 0 saturated carbocycles. The van der Waals surface area contributed by atoms with Gasteiger partial charge in [-0.1, -0.05) is 48.5 Å². The molecule has 1 aliphatic carbocycles. The van der Waals surface area contributed by atoms with Gasteiger partial charge in [0.1, 0.15) is 0 Å². The van der Waals surface area contributed by atoms with Gasteiger partial charge in [0.2, 0.25) is 0 Å². The van der Waals surface area contributed by atoms with E-state index < -0.39 is 0 Å². The van der Waals surface area contributed by atoms with Gasteiger partial charge in [-0.05, 0) is 35.1 Å². The van der Waals surface area contributed by atoms with Gasteiger partial charge in [-0.2, -0.15) is 0 Å². The lowest BCUT2D eigenvalue weighted by Gasteiger charge is -2.12. The molecule has 2 heteroatoms. The number of fused-ring (bicyclic) bond motifs is 1. The lowest BCUT2D eigenvalue weighted by Crippen LogP contribution is -2.28. The van der Waals surface area contributed by atoms with Gasteiger partial charge in [0.15, 0.2) is 0 Å². The van der Waals surface area contributed by atoms with Gasteiger partial charge < -0.3 is 10.4 Å². The standard InChI is InChI=1S/C17H19NO/c19-12-14-7-5-13(6-8-14)11-18-17-9-15-3-1-2-4-16(15)10-17/h1-8,17-19H,9-12H2. The van der Waals surface area contributed by atoms with E-state index in [0.717, 1.165) is 24.9 Å². The van der Waals surface area contributed by atoms with Gasteiger partial charge in [0.05, 0.1) is 6.61 Å². The van der Waals surface area contributed by atoms with Gasteiger partial charge in [-0.3, -0.25) is 0 Å². The van der Waals surface area contributed by atoms with Crippen molar-refractivity contribution in [2.75, 3.05) is 0 Å². The van der Waals surface area contributed by atoms with Gasteiger partial charge >= 0.3 is 0 Å². The minimum atomic E-state index is 0.117. The monoisotopic (exact) mass is 253 g/mol. The van der Waals surface area contributed by atoms with E-state index in [4.69, 9.17) is 5.11 Å². The third-order valence-corrected chi connectivity index (χ3v) is 3.85. The molecule has 0 fully saturated rings. The van der Waals surface area contributed by atoms with Crippen LogP contribution >= 0.6 is 0 Å². The number of hydrogen-bond donors (Lipinski definition) is 2. The number of benzene rings is 2. The molecule has 0 aromatic heterocycles. The van der Waals surface area contributed by atoms with Crippen molar-refractivity contribution in [2.24, 2.45) is 0 Å². The number of rotatable bonds is 4. The Kier molecular flexibility index (Phi) is 3.62. The molecule has 0 amide bonds. The first kappa shape index (κ1) is 12.4. The summed E-state index contributed by atoms with van der Waals surface area (Å²) in [5.41, 5.74) is 5.21. The van der Waals surface area contributed by atoms with Gasteiger partial charge in [-0.15, -0.1) is 0 Å². The predicted molar refractivity (Wildman–Crippen MR) is 76.8 cm³/mol. The summed E-state index contributed by atoms with van der Waals surface area (Å²) in [6, 6.07) is 17.4. The third-order valence-electron chi connectivity index (χ3n) is 3.85. The van der Waals surface area contributed by atoms with Crippen molar-refractivity contribution in [1.82, 2.24) is 5.32 Å². The van der Waals surface area contributed by atoms with Crippen LogP contribution in [0.3, 0.4) is 0 Å². The largest absolute Gasteiger partial charge is 0.392 e. The molecule has 0 aliphatic heterocycles. The highest BCUT2D eigenvalue weighted by molar-refractivity contribution is 5.33. The van der Waals surface area contributed by atoms with Crippen LogP contribution in [0.1, 0.15) is 22.3 Å². The molecule has 2 aromatic carbocycles. The van der Waals surface area contributed by atoms with Crippen LogP contribution in [0.25, 0.3) is 0 Å². The second-order valence-corrected chi connectivity index (χ2v) is 5.23. The molecule has 2 aromatic rings. The fourth-order valence-electron chi connectivity index (χ4n) is 2.73. The van der Waals surface area contributed by atoms with Crippen LogP contribution in [0, 0.1) is 0 Å². The zero-order valence-corrected chi connectivity index (χ0v) is 11.0. The minimum absolute atomic E-state index is 0.117. The second-order valence-electron chi connectivity index (χ2n) is 5.23. The van der Waals surface area contributed by atoms with Crippen molar-refractivity contribution in [3.05, 3.63) is 70.8 Å². The molecule has 0 bridgehead atoms. The van der Waals surface area contributed by atoms with Crippen molar-refractivity contribution in [1.29, 1.82) is 0 Å². The topological polar surface area (TPSA) is 32.3 Å². The van der Waals surface area contributed by atoms with E-state index in [0.29, 0.717) is 6.04 Å². The highest BCUT2D eigenvalue weighted by atomic mass is 16.3. The molecule has 0 spiro atoms. The Morgan fingerprint density at radius 2 is 1.47 bits per heavy atom. The van der Waals surface area contributed by atoms with Crippen LogP contribution in [0.15, 0.2) is 48.5 Å². The molecule has 98 valence electrons. The molecule has 2 N–H and O–H groups in total. The number of hydrogen-bond acceptors (Lipinski definition) is 2. The summed E-state index contributed by atoms with van der Waals surface area (Å²) in [5.74, 6) is 0. The highest BCUT2D eigenvalue weighted by Crippen LogP contribution is 2.21. The molecular formula is C17H19NO. The Morgan fingerprint density at radius 3 is 2.05 bits per heavy atom. The maximum Gasteiger partial charge on any atom is 0.0681 e. The van der Waals surface area contributed by atoms with Crippen molar-refractivity contribution >= 4 is 0 Å². The molecule has 0 atom stereocenters. The zero-order valence-electron chi connectivity index (χ0n) is 11.0. The van der Waals surface area contributed by atoms with E-state index in [-0.39, 0.29) is 6.61 Å².